The van der Waals surface area contributed by atoms with Crippen molar-refractivity contribution in [3.05, 3.63) is 104 Å². The van der Waals surface area contributed by atoms with E-state index in [0.29, 0.717) is 43.7 Å². The number of hydrogen-bond acceptors (Lipinski definition) is 8. The van der Waals surface area contributed by atoms with Gasteiger partial charge in [-0.25, -0.2) is 10.9 Å². The maximum absolute atomic E-state index is 12.3. The maximum Gasteiger partial charge on any atom is 0.331 e. The van der Waals surface area contributed by atoms with E-state index in [1.807, 2.05) is 10.8 Å². The first kappa shape index (κ1) is 28.1. The predicted molar refractivity (Wildman–Crippen MR) is 158 cm³/mol. The lowest BCUT2D eigenvalue weighted by molar-refractivity contribution is -0.139. The Bertz CT molecular complexity index is 1470. The second-order valence-electron chi connectivity index (χ2n) is 8.30. The molecule has 4 N–H and O–H groups in total. The molecule has 0 fully saturated rings. The molecule has 0 aliphatic carbocycles. The van der Waals surface area contributed by atoms with Gasteiger partial charge in [0.2, 0.25) is 0 Å². The minimum Gasteiger partial charge on any atom is -0.321 e. The average Bonchev–Trinajstić information content (AvgIpc) is 3.70. The van der Waals surface area contributed by atoms with Gasteiger partial charge >= 0.3 is 11.8 Å². The van der Waals surface area contributed by atoms with Crippen molar-refractivity contribution < 1.29 is 19.2 Å². The molecule has 4 rings (SSSR count). The third-order valence-corrected chi connectivity index (χ3v) is 7.16. The molecule has 12 heteroatoms. The van der Waals surface area contributed by atoms with Gasteiger partial charge in [0.05, 0.1) is 21.2 Å². The number of amides is 4. The van der Waals surface area contributed by atoms with Gasteiger partial charge in [0, 0.05) is 11.4 Å². The minimum absolute atomic E-state index is 0.225. The number of rotatable bonds is 8. The molecule has 0 aliphatic rings. The lowest BCUT2D eigenvalue weighted by Gasteiger charge is -2.08. The van der Waals surface area contributed by atoms with Crippen LogP contribution in [0.3, 0.4) is 0 Å². The van der Waals surface area contributed by atoms with Crippen molar-refractivity contribution in [2.45, 2.75) is 13.8 Å². The summed E-state index contributed by atoms with van der Waals surface area (Å²) in [5, 5.41) is 17.2. The van der Waals surface area contributed by atoms with Crippen LogP contribution >= 0.6 is 22.7 Å². The first-order valence-electron chi connectivity index (χ1n) is 11.9. The third kappa shape index (κ3) is 7.56. The van der Waals surface area contributed by atoms with Gasteiger partial charge in [0.1, 0.15) is 0 Å². The molecule has 0 spiro atoms. The summed E-state index contributed by atoms with van der Waals surface area (Å²) in [4.78, 5) is 50.3. The lowest BCUT2D eigenvalue weighted by atomic mass is 10.1. The number of anilines is 2. The monoisotopic (exact) mass is 572 g/mol. The van der Waals surface area contributed by atoms with Crippen molar-refractivity contribution in [3.63, 3.8) is 0 Å². The fourth-order valence-corrected chi connectivity index (χ4v) is 4.58. The van der Waals surface area contributed by atoms with E-state index >= 15 is 0 Å². The molecule has 2 aromatic heterocycles. The van der Waals surface area contributed by atoms with E-state index in [1.54, 1.807) is 86.6 Å². The van der Waals surface area contributed by atoms with E-state index in [0.717, 1.165) is 0 Å². The van der Waals surface area contributed by atoms with Gasteiger partial charge in [-0.1, -0.05) is 36.4 Å². The van der Waals surface area contributed by atoms with Crippen LogP contribution in [0, 0.1) is 0 Å². The first-order valence-corrected chi connectivity index (χ1v) is 13.7. The summed E-state index contributed by atoms with van der Waals surface area (Å²) in [7, 11) is 0. The highest BCUT2D eigenvalue weighted by atomic mass is 32.1. The smallest absolute Gasteiger partial charge is 0.321 e. The number of carbonyl (C=O) groups excluding carboxylic acids is 4. The SMILES string of the molecule is C/C(=N\NC(=O)C(=O)N/N=C(\C)c1cccc(NC(=O)c2cccs2)c1)c1cccc(NC(=O)c2cccs2)c1. The van der Waals surface area contributed by atoms with Crippen LogP contribution in [0.15, 0.2) is 93.8 Å². The molecule has 0 saturated carbocycles. The zero-order valence-electron chi connectivity index (χ0n) is 21.4. The van der Waals surface area contributed by atoms with E-state index in [4.69, 9.17) is 0 Å². The van der Waals surface area contributed by atoms with Gasteiger partial charge in [-0.3, -0.25) is 19.2 Å². The summed E-state index contributed by atoms with van der Waals surface area (Å²) < 4.78 is 0. The van der Waals surface area contributed by atoms with Crippen LogP contribution in [0.25, 0.3) is 0 Å². The first-order chi connectivity index (χ1) is 19.3. The van der Waals surface area contributed by atoms with Crippen molar-refractivity contribution in [2.24, 2.45) is 10.2 Å². The molecule has 0 aliphatic heterocycles. The summed E-state index contributed by atoms with van der Waals surface area (Å²) in [5.41, 5.74) is 7.68. The lowest BCUT2D eigenvalue weighted by Crippen LogP contribution is -2.36. The molecule has 2 aromatic carbocycles. The molecule has 0 bridgehead atoms. The van der Waals surface area contributed by atoms with Crippen molar-refractivity contribution in [1.82, 2.24) is 10.9 Å². The average molecular weight is 573 g/mol. The van der Waals surface area contributed by atoms with Crippen LogP contribution < -0.4 is 21.5 Å². The van der Waals surface area contributed by atoms with Gasteiger partial charge in [0.15, 0.2) is 0 Å². The van der Waals surface area contributed by atoms with Gasteiger partial charge < -0.3 is 10.6 Å². The molecule has 0 saturated heterocycles. The van der Waals surface area contributed by atoms with Crippen LogP contribution in [0.2, 0.25) is 0 Å². The number of nitrogens with zero attached hydrogens (tertiary/aromatic N) is 2. The van der Waals surface area contributed by atoms with Gasteiger partial charge in [-0.05, 0) is 72.1 Å². The number of benzene rings is 2. The number of hydrogen-bond donors (Lipinski definition) is 4. The quantitative estimate of drug-likeness (QED) is 0.138. The van der Waals surface area contributed by atoms with Crippen molar-refractivity contribution in [3.8, 4) is 0 Å². The van der Waals surface area contributed by atoms with Crippen LogP contribution in [-0.4, -0.2) is 35.1 Å². The second kappa shape index (κ2) is 13.2. The van der Waals surface area contributed by atoms with Crippen molar-refractivity contribution in [1.29, 1.82) is 0 Å². The minimum atomic E-state index is -1.00. The molecule has 40 heavy (non-hydrogen) atoms. The molecule has 202 valence electrons. The fourth-order valence-electron chi connectivity index (χ4n) is 3.34. The Kier molecular flexibility index (Phi) is 9.28. The van der Waals surface area contributed by atoms with Gasteiger partial charge in [-0.15, -0.1) is 22.7 Å². The number of carbonyl (C=O) groups is 4. The van der Waals surface area contributed by atoms with Crippen LogP contribution in [0.5, 0.6) is 0 Å². The Morgan fingerprint density at radius 2 is 1.02 bits per heavy atom. The number of hydrazone groups is 2. The number of thiophene rings is 2. The van der Waals surface area contributed by atoms with Gasteiger partial charge in [-0.2, -0.15) is 10.2 Å². The van der Waals surface area contributed by atoms with Crippen LogP contribution in [-0.2, 0) is 9.59 Å². The Morgan fingerprint density at radius 1 is 0.600 bits per heavy atom. The van der Waals surface area contributed by atoms with E-state index in [-0.39, 0.29) is 11.8 Å². The zero-order chi connectivity index (χ0) is 28.5. The van der Waals surface area contributed by atoms with E-state index in [9.17, 15) is 19.2 Å². The molecule has 0 atom stereocenters. The molecule has 0 radical (unpaired) electrons. The van der Waals surface area contributed by atoms with E-state index in [2.05, 4.69) is 31.7 Å². The molecule has 4 amide bonds. The highest BCUT2D eigenvalue weighted by Gasteiger charge is 2.14. The summed E-state index contributed by atoms with van der Waals surface area (Å²) >= 11 is 2.67. The van der Waals surface area contributed by atoms with Gasteiger partial charge in [0.25, 0.3) is 11.8 Å². The standard InChI is InChI=1S/C28H24N6O4S2/c1-17(19-7-3-9-21(15-19)29-25(35)23-11-5-13-39-23)31-33-27(37)28(38)34-32-18(2)20-8-4-10-22(16-20)30-26(36)24-12-6-14-40-24/h3-16H,1-2H3,(H,29,35)(H,30,36)(H,33,37)(H,34,38)/b31-17+,32-18+. The number of nitrogens with one attached hydrogen (secondary N) is 4. The highest BCUT2D eigenvalue weighted by molar-refractivity contribution is 7.12. The summed E-state index contributed by atoms with van der Waals surface area (Å²) in [6.45, 7) is 3.32. The predicted octanol–water partition coefficient (Wildman–Crippen LogP) is 4.69. The highest BCUT2D eigenvalue weighted by Crippen LogP contribution is 2.17. The summed E-state index contributed by atoms with van der Waals surface area (Å²) in [6.07, 6.45) is 0. The van der Waals surface area contributed by atoms with E-state index in [1.165, 1.54) is 22.7 Å². The van der Waals surface area contributed by atoms with Crippen molar-refractivity contribution in [2.75, 3.05) is 10.6 Å². The molecule has 4 aromatic rings. The van der Waals surface area contributed by atoms with Crippen LogP contribution in [0.1, 0.15) is 44.3 Å². The largest absolute Gasteiger partial charge is 0.331 e. The van der Waals surface area contributed by atoms with E-state index < -0.39 is 11.8 Å². The zero-order valence-corrected chi connectivity index (χ0v) is 23.1. The fraction of sp³-hybridized carbons (Fsp3) is 0.0714. The Labute approximate surface area is 237 Å². The van der Waals surface area contributed by atoms with Crippen molar-refractivity contribution >= 4 is 69.1 Å². The Morgan fingerprint density at radius 3 is 1.40 bits per heavy atom. The topological polar surface area (TPSA) is 141 Å². The second-order valence-corrected chi connectivity index (χ2v) is 10.2. The summed E-state index contributed by atoms with van der Waals surface area (Å²) in [6, 6.07) is 21.0. The molecular formula is C28H24N6O4S2. The molecule has 2 heterocycles. The maximum atomic E-state index is 12.3. The third-order valence-electron chi connectivity index (χ3n) is 5.42. The normalized spacial score (nSPS) is 11.4. The van der Waals surface area contributed by atoms with Crippen LogP contribution in [0.4, 0.5) is 11.4 Å². The summed E-state index contributed by atoms with van der Waals surface area (Å²) in [5.74, 6) is -2.46. The Balaban J connectivity index is 1.32. The Hall–Kier alpha value is -4.94. The molecule has 0 unspecified atom stereocenters. The molecule has 10 nitrogen and oxygen atoms in total. The molecular weight excluding hydrogens is 548 g/mol.